The lowest BCUT2D eigenvalue weighted by atomic mass is 9.90. The summed E-state index contributed by atoms with van der Waals surface area (Å²) in [5.74, 6) is -3.34. The third-order valence-electron chi connectivity index (χ3n) is 5.91. The molecule has 2 aromatic carbocycles. The molecule has 0 saturated heterocycles. The van der Waals surface area contributed by atoms with Crippen molar-refractivity contribution >= 4 is 29.5 Å². The first-order chi connectivity index (χ1) is 16.2. The second-order valence-corrected chi connectivity index (χ2v) is 8.39. The Bertz CT molecular complexity index is 1140. The van der Waals surface area contributed by atoms with Crippen molar-refractivity contribution < 1.29 is 38.8 Å². The number of hydrogen-bond donors (Lipinski definition) is 2. The van der Waals surface area contributed by atoms with Crippen molar-refractivity contribution in [2.45, 2.75) is 38.5 Å². The number of carbonyl (C=O) groups is 3. The number of carbonyl (C=O) groups excluding carboxylic acids is 2. The molecule has 0 fully saturated rings. The van der Waals surface area contributed by atoms with Gasteiger partial charge in [-0.15, -0.1) is 0 Å². The third-order valence-corrected chi connectivity index (χ3v) is 6.57. The molecule has 0 radical (unpaired) electrons. The number of cyclic esters (lactones) is 1. The van der Waals surface area contributed by atoms with Crippen LogP contribution in [0.3, 0.4) is 0 Å². The van der Waals surface area contributed by atoms with Crippen molar-refractivity contribution in [2.75, 3.05) is 7.11 Å². The number of hydrogen-bond acceptors (Lipinski definition) is 7. The number of aliphatic hydroxyl groups is 1. The van der Waals surface area contributed by atoms with Crippen LogP contribution < -0.4 is 4.74 Å². The summed E-state index contributed by atoms with van der Waals surface area (Å²) in [5, 5.41) is 17.5. The number of allylic oxidation sites excluding steroid dienone is 1. The van der Waals surface area contributed by atoms with Gasteiger partial charge < -0.3 is 24.4 Å². The zero-order valence-electron chi connectivity index (χ0n) is 19.0. The van der Waals surface area contributed by atoms with E-state index in [-0.39, 0.29) is 36.5 Å². The minimum atomic E-state index is -1.96. The van der Waals surface area contributed by atoms with E-state index in [1.165, 1.54) is 7.11 Å². The van der Waals surface area contributed by atoms with Crippen molar-refractivity contribution in [3.05, 3.63) is 75.9 Å². The van der Waals surface area contributed by atoms with Gasteiger partial charge in [-0.2, -0.15) is 0 Å². The highest BCUT2D eigenvalue weighted by Gasteiger charge is 2.41. The Hall–Kier alpha value is -3.20. The molecule has 2 atom stereocenters. The van der Waals surface area contributed by atoms with Gasteiger partial charge in [0.2, 0.25) is 5.06 Å². The first-order valence-electron chi connectivity index (χ1n) is 10.5. The molecule has 0 aromatic heterocycles. The molecule has 1 unspecified atom stereocenters. The van der Waals surface area contributed by atoms with E-state index >= 15 is 0 Å². The number of benzene rings is 2. The van der Waals surface area contributed by atoms with Crippen molar-refractivity contribution in [3.63, 3.8) is 0 Å². The summed E-state index contributed by atoms with van der Waals surface area (Å²) in [6.07, 6.45) is 3.30. The quantitative estimate of drug-likeness (QED) is 0.237. The van der Waals surface area contributed by atoms with Crippen molar-refractivity contribution in [3.8, 4) is 5.75 Å². The van der Waals surface area contributed by atoms with Gasteiger partial charge in [-0.1, -0.05) is 48.9 Å². The van der Waals surface area contributed by atoms with E-state index < -0.39 is 28.9 Å². The lowest BCUT2D eigenvalue weighted by molar-refractivity contribution is -0.155. The maximum absolute atomic E-state index is 12.8. The third kappa shape index (κ3) is 4.70. The number of carboxylic acids is 1. The molecule has 1 aliphatic heterocycles. The highest BCUT2D eigenvalue weighted by molar-refractivity contribution is 6.32. The Morgan fingerprint density at radius 2 is 1.94 bits per heavy atom. The Morgan fingerprint density at radius 1 is 1.26 bits per heavy atom. The highest BCUT2D eigenvalue weighted by Crippen LogP contribution is 2.39. The number of fused-ring (bicyclic) bond motifs is 1. The predicted molar refractivity (Wildman–Crippen MR) is 123 cm³/mol. The van der Waals surface area contributed by atoms with E-state index in [2.05, 4.69) is 0 Å². The molecule has 3 rings (SSSR count). The molecular formula is C25H25ClO8. The number of rotatable bonds is 9. The van der Waals surface area contributed by atoms with Gasteiger partial charge in [-0.3, -0.25) is 0 Å². The largest absolute Gasteiger partial charge is 0.478 e. The average molecular weight is 489 g/mol. The summed E-state index contributed by atoms with van der Waals surface area (Å²) in [5.41, 5.74) is 2.55. The molecule has 8 nitrogen and oxygen atoms in total. The summed E-state index contributed by atoms with van der Waals surface area (Å²) in [4.78, 5) is 36.9. The maximum atomic E-state index is 12.8. The van der Waals surface area contributed by atoms with Crippen LogP contribution in [0.5, 0.6) is 5.75 Å². The Kier molecular flexibility index (Phi) is 7.76. The fraction of sp³-hybridized carbons (Fsp3) is 0.320. The summed E-state index contributed by atoms with van der Waals surface area (Å²) in [7, 11) is 1.20. The normalized spacial score (nSPS) is 15.5. The molecule has 34 heavy (non-hydrogen) atoms. The van der Waals surface area contributed by atoms with Crippen LogP contribution in [-0.4, -0.2) is 40.3 Å². The topological polar surface area (TPSA) is 119 Å². The first-order valence-corrected chi connectivity index (χ1v) is 10.9. The Balaban J connectivity index is 2.06. The van der Waals surface area contributed by atoms with Crippen LogP contribution in [0.1, 0.15) is 49.9 Å². The van der Waals surface area contributed by atoms with Gasteiger partial charge >= 0.3 is 17.9 Å². The molecule has 180 valence electrons. The lowest BCUT2D eigenvalue weighted by Crippen LogP contribution is -2.40. The van der Waals surface area contributed by atoms with Gasteiger partial charge in [0.15, 0.2) is 0 Å². The molecule has 1 heterocycles. The van der Waals surface area contributed by atoms with Gasteiger partial charge in [-0.05, 0) is 36.6 Å². The van der Waals surface area contributed by atoms with Crippen molar-refractivity contribution in [1.82, 2.24) is 0 Å². The number of carboxylic acid groups (broad SMARTS) is 1. The second-order valence-electron chi connectivity index (χ2n) is 7.83. The standard InChI is InChI=1S/C25H25ClO8/c1-14(25(26,32-3)24(30)31)8-7-11-17-18(12-27)15(2)19-13-33-23(29)20(19)21(17)34-22(28)16-9-5-4-6-10-16/h4-10,14,27H,11-13H2,1-3H3,(H,30,31)/b8-7+/t14?,25-/m0/s1. The fourth-order valence-corrected chi connectivity index (χ4v) is 3.95. The number of halogens is 1. The number of methoxy groups -OCH3 is 1. The number of ether oxygens (including phenoxy) is 3. The monoisotopic (exact) mass is 488 g/mol. The van der Waals surface area contributed by atoms with E-state index in [1.807, 2.05) is 0 Å². The maximum Gasteiger partial charge on any atom is 0.352 e. The minimum Gasteiger partial charge on any atom is -0.478 e. The average Bonchev–Trinajstić information content (AvgIpc) is 3.22. The van der Waals surface area contributed by atoms with Crippen LogP contribution in [0, 0.1) is 12.8 Å². The lowest BCUT2D eigenvalue weighted by Gasteiger charge is -2.25. The summed E-state index contributed by atoms with van der Waals surface area (Å²) in [6.45, 7) is 2.98. The number of esters is 2. The van der Waals surface area contributed by atoms with Crippen LogP contribution in [0.25, 0.3) is 0 Å². The molecule has 0 saturated carbocycles. The number of aliphatic hydroxyl groups excluding tert-OH is 1. The van der Waals surface area contributed by atoms with E-state index in [9.17, 15) is 24.6 Å². The molecular weight excluding hydrogens is 464 g/mol. The predicted octanol–water partition coefficient (Wildman–Crippen LogP) is 3.78. The SMILES string of the molecule is CO[C@](Cl)(C(=O)O)C(C)/C=C/Cc1c(CO)c(C)c2c(c1OC(=O)c1ccccc1)C(=O)OC2. The molecule has 1 aliphatic rings. The van der Waals surface area contributed by atoms with Crippen molar-refractivity contribution in [1.29, 1.82) is 0 Å². The van der Waals surface area contributed by atoms with Gasteiger partial charge in [0, 0.05) is 24.2 Å². The molecule has 0 bridgehead atoms. The zero-order chi connectivity index (χ0) is 25.0. The second kappa shape index (κ2) is 10.4. The van der Waals surface area contributed by atoms with Gasteiger partial charge in [-0.25, -0.2) is 14.4 Å². The van der Waals surface area contributed by atoms with Crippen LogP contribution in [0.15, 0.2) is 42.5 Å². The van der Waals surface area contributed by atoms with Gasteiger partial charge in [0.1, 0.15) is 17.9 Å². The fourth-order valence-electron chi connectivity index (χ4n) is 3.88. The van der Waals surface area contributed by atoms with Crippen LogP contribution in [-0.2, 0) is 33.9 Å². The summed E-state index contributed by atoms with van der Waals surface area (Å²) < 4.78 is 15.9. The van der Waals surface area contributed by atoms with E-state index in [1.54, 1.807) is 56.3 Å². The van der Waals surface area contributed by atoms with Gasteiger partial charge in [0.05, 0.1) is 12.2 Å². The molecule has 2 aromatic rings. The molecule has 0 amide bonds. The molecule has 9 heteroatoms. The van der Waals surface area contributed by atoms with Crippen LogP contribution in [0.2, 0.25) is 0 Å². The van der Waals surface area contributed by atoms with E-state index in [0.29, 0.717) is 22.3 Å². The van der Waals surface area contributed by atoms with E-state index in [0.717, 1.165) is 0 Å². The Morgan fingerprint density at radius 3 is 2.53 bits per heavy atom. The van der Waals surface area contributed by atoms with Crippen molar-refractivity contribution in [2.24, 2.45) is 5.92 Å². The van der Waals surface area contributed by atoms with E-state index in [4.69, 9.17) is 25.8 Å². The molecule has 2 N–H and O–H groups in total. The highest BCUT2D eigenvalue weighted by atomic mass is 35.5. The Labute approximate surface area is 201 Å². The smallest absolute Gasteiger partial charge is 0.352 e. The first kappa shape index (κ1) is 25.4. The number of aliphatic carboxylic acids is 1. The zero-order valence-corrected chi connectivity index (χ0v) is 19.7. The van der Waals surface area contributed by atoms with Crippen LogP contribution >= 0.6 is 11.6 Å². The molecule has 0 aliphatic carbocycles. The van der Waals surface area contributed by atoms with Gasteiger partial charge in [0.25, 0.3) is 0 Å². The van der Waals surface area contributed by atoms with Crippen LogP contribution in [0.4, 0.5) is 0 Å². The summed E-state index contributed by atoms with van der Waals surface area (Å²) >= 11 is 6.09. The summed E-state index contributed by atoms with van der Waals surface area (Å²) in [6, 6.07) is 8.30. The number of alkyl halides is 1. The molecule has 0 spiro atoms. The minimum absolute atomic E-state index is 0.0112.